The average Bonchev–Trinajstić information content (AvgIpc) is 2.76. The molecule has 2 rings (SSSR count). The number of thiophene rings is 1. The molecule has 0 fully saturated rings. The number of nitrogen functional groups attached to an aromatic ring is 1. The summed E-state index contributed by atoms with van der Waals surface area (Å²) in [5.41, 5.74) is 6.48. The summed E-state index contributed by atoms with van der Waals surface area (Å²) >= 11 is 5.00. The number of nitrogens with two attached hydrogens (primary N) is 1. The molecule has 1 unspecified atom stereocenters. The highest BCUT2D eigenvalue weighted by atomic mass is 79.9. The second-order valence-corrected chi connectivity index (χ2v) is 6.08. The molecule has 0 bridgehead atoms. The number of anilines is 1. The van der Waals surface area contributed by atoms with Crippen molar-refractivity contribution in [3.63, 3.8) is 0 Å². The van der Waals surface area contributed by atoms with Crippen LogP contribution in [0.3, 0.4) is 0 Å². The van der Waals surface area contributed by atoms with Crippen molar-refractivity contribution >= 4 is 33.1 Å². The molecule has 86 valence electrons. The molecule has 0 aliphatic heterocycles. The van der Waals surface area contributed by atoms with Gasteiger partial charge in [-0.05, 0) is 28.1 Å². The van der Waals surface area contributed by atoms with E-state index in [-0.39, 0.29) is 0 Å². The Morgan fingerprint density at radius 2 is 2.38 bits per heavy atom. The van der Waals surface area contributed by atoms with Crippen LogP contribution in [0.1, 0.15) is 16.5 Å². The monoisotopic (exact) mass is 301 g/mol. The molecule has 0 saturated carbocycles. The lowest BCUT2D eigenvalue weighted by atomic mass is 10.1. The Morgan fingerprint density at radius 3 is 2.88 bits per heavy atom. The van der Waals surface area contributed by atoms with Gasteiger partial charge in [-0.1, -0.05) is 0 Å². The Labute approximate surface area is 106 Å². The topological polar surface area (TPSA) is 64.1 Å². The van der Waals surface area contributed by atoms with Crippen molar-refractivity contribution in [3.8, 4) is 0 Å². The third kappa shape index (κ3) is 2.28. The van der Waals surface area contributed by atoms with E-state index in [0.29, 0.717) is 17.8 Å². The summed E-state index contributed by atoms with van der Waals surface area (Å²) in [4.78, 5) is 1.11. The van der Waals surface area contributed by atoms with Crippen LogP contribution >= 0.6 is 27.3 Å². The Bertz CT molecular complexity index is 494. The maximum atomic E-state index is 10.0. The first-order valence-electron chi connectivity index (χ1n) is 4.77. The van der Waals surface area contributed by atoms with Crippen molar-refractivity contribution in [1.82, 2.24) is 9.78 Å². The number of aryl methyl sites for hydroxylation is 1. The predicted octanol–water partition coefficient (Wildman–Crippen LogP) is 2.10. The highest BCUT2D eigenvalue weighted by molar-refractivity contribution is 9.11. The number of rotatable bonds is 3. The zero-order chi connectivity index (χ0) is 11.7. The van der Waals surface area contributed by atoms with Crippen molar-refractivity contribution in [1.29, 1.82) is 0 Å². The van der Waals surface area contributed by atoms with Gasteiger partial charge in [-0.2, -0.15) is 5.10 Å². The van der Waals surface area contributed by atoms with Gasteiger partial charge in [0, 0.05) is 23.9 Å². The van der Waals surface area contributed by atoms with E-state index in [2.05, 4.69) is 21.0 Å². The van der Waals surface area contributed by atoms with Crippen LogP contribution in [0.25, 0.3) is 0 Å². The van der Waals surface area contributed by atoms with Crippen LogP contribution in [-0.2, 0) is 13.5 Å². The zero-order valence-corrected chi connectivity index (χ0v) is 11.1. The van der Waals surface area contributed by atoms with E-state index in [1.807, 2.05) is 12.1 Å². The maximum absolute atomic E-state index is 10.0. The first kappa shape index (κ1) is 11.6. The van der Waals surface area contributed by atoms with E-state index in [1.54, 1.807) is 29.3 Å². The van der Waals surface area contributed by atoms with Gasteiger partial charge < -0.3 is 10.8 Å². The minimum Gasteiger partial charge on any atom is -0.388 e. The Morgan fingerprint density at radius 1 is 1.62 bits per heavy atom. The van der Waals surface area contributed by atoms with E-state index in [4.69, 9.17) is 5.73 Å². The Hall–Kier alpha value is -0.850. The molecule has 0 radical (unpaired) electrons. The lowest BCUT2D eigenvalue weighted by molar-refractivity contribution is 0.180. The molecule has 3 N–H and O–H groups in total. The van der Waals surface area contributed by atoms with E-state index in [9.17, 15) is 5.11 Å². The van der Waals surface area contributed by atoms with Crippen molar-refractivity contribution in [2.75, 3.05) is 5.73 Å². The van der Waals surface area contributed by atoms with Crippen molar-refractivity contribution in [2.24, 2.45) is 7.05 Å². The van der Waals surface area contributed by atoms with E-state index >= 15 is 0 Å². The van der Waals surface area contributed by atoms with Crippen LogP contribution < -0.4 is 5.73 Å². The number of halogens is 1. The van der Waals surface area contributed by atoms with Gasteiger partial charge in [0.15, 0.2) is 0 Å². The molecule has 6 heteroatoms. The first-order chi connectivity index (χ1) is 7.58. The molecule has 0 aliphatic rings. The summed E-state index contributed by atoms with van der Waals surface area (Å²) in [6.45, 7) is 0. The molecular formula is C10H12BrN3OS. The van der Waals surface area contributed by atoms with Gasteiger partial charge in [-0.15, -0.1) is 11.3 Å². The fourth-order valence-corrected chi connectivity index (χ4v) is 3.00. The van der Waals surface area contributed by atoms with Crippen molar-refractivity contribution < 1.29 is 5.11 Å². The van der Waals surface area contributed by atoms with Crippen LogP contribution in [0.5, 0.6) is 0 Å². The smallest absolute Gasteiger partial charge is 0.127 e. The Kier molecular flexibility index (Phi) is 3.32. The summed E-state index contributed by atoms with van der Waals surface area (Å²) in [6.07, 6.45) is 1.58. The second kappa shape index (κ2) is 4.57. The summed E-state index contributed by atoms with van der Waals surface area (Å²) in [5.74, 6) is 0.517. The van der Waals surface area contributed by atoms with Crippen LogP contribution in [0, 0.1) is 0 Å². The number of hydrogen-bond donors (Lipinski definition) is 2. The summed E-state index contributed by atoms with van der Waals surface area (Å²) < 4.78 is 2.62. The van der Waals surface area contributed by atoms with Crippen LogP contribution in [0.4, 0.5) is 5.82 Å². The van der Waals surface area contributed by atoms with Gasteiger partial charge in [-0.25, -0.2) is 0 Å². The zero-order valence-electron chi connectivity index (χ0n) is 8.72. The lowest BCUT2D eigenvalue weighted by Crippen LogP contribution is -2.05. The van der Waals surface area contributed by atoms with Gasteiger partial charge in [-0.3, -0.25) is 4.68 Å². The maximum Gasteiger partial charge on any atom is 0.127 e. The third-order valence-electron chi connectivity index (χ3n) is 2.40. The number of aliphatic hydroxyl groups excluding tert-OH is 1. The SMILES string of the molecule is Cn1ncc(C(O)Cc2ccc(Br)s2)c1N. The molecule has 1 atom stereocenters. The second-order valence-electron chi connectivity index (χ2n) is 3.53. The van der Waals surface area contributed by atoms with E-state index in [0.717, 1.165) is 8.66 Å². The normalized spacial score (nSPS) is 12.9. The quantitative estimate of drug-likeness (QED) is 0.912. The van der Waals surface area contributed by atoms with Crippen molar-refractivity contribution in [2.45, 2.75) is 12.5 Å². The van der Waals surface area contributed by atoms with Gasteiger partial charge in [0.05, 0.1) is 16.1 Å². The lowest BCUT2D eigenvalue weighted by Gasteiger charge is -2.08. The average molecular weight is 302 g/mol. The predicted molar refractivity (Wildman–Crippen MR) is 68.3 cm³/mol. The Balaban J connectivity index is 2.14. The highest BCUT2D eigenvalue weighted by Crippen LogP contribution is 2.28. The third-order valence-corrected chi connectivity index (χ3v) is 4.04. The molecule has 0 saturated heterocycles. The fourth-order valence-electron chi connectivity index (χ4n) is 1.48. The molecule has 2 heterocycles. The molecule has 0 amide bonds. The minimum atomic E-state index is -0.598. The van der Waals surface area contributed by atoms with Crippen molar-refractivity contribution in [3.05, 3.63) is 32.6 Å². The van der Waals surface area contributed by atoms with Crippen LogP contribution in [0.2, 0.25) is 0 Å². The number of hydrogen-bond acceptors (Lipinski definition) is 4. The molecular weight excluding hydrogens is 290 g/mol. The first-order valence-corrected chi connectivity index (χ1v) is 6.38. The summed E-state index contributed by atoms with van der Waals surface area (Å²) in [5, 5.41) is 14.0. The summed E-state index contributed by atoms with van der Waals surface area (Å²) in [6, 6.07) is 3.96. The molecule has 2 aromatic heterocycles. The number of aliphatic hydroxyl groups is 1. The van der Waals surface area contributed by atoms with Gasteiger partial charge in [0.2, 0.25) is 0 Å². The number of nitrogens with zero attached hydrogens (tertiary/aromatic N) is 2. The summed E-state index contributed by atoms with van der Waals surface area (Å²) in [7, 11) is 1.76. The molecule has 0 aliphatic carbocycles. The van der Waals surface area contributed by atoms with Gasteiger partial charge >= 0.3 is 0 Å². The molecule has 4 nitrogen and oxygen atoms in total. The van der Waals surface area contributed by atoms with E-state index in [1.165, 1.54) is 0 Å². The van der Waals surface area contributed by atoms with Crippen LogP contribution in [-0.4, -0.2) is 14.9 Å². The molecule has 16 heavy (non-hydrogen) atoms. The largest absolute Gasteiger partial charge is 0.388 e. The molecule has 2 aromatic rings. The number of aromatic nitrogens is 2. The fraction of sp³-hybridized carbons (Fsp3) is 0.300. The molecule has 0 spiro atoms. The van der Waals surface area contributed by atoms with Gasteiger partial charge in [0.25, 0.3) is 0 Å². The van der Waals surface area contributed by atoms with E-state index < -0.39 is 6.10 Å². The minimum absolute atomic E-state index is 0.517. The van der Waals surface area contributed by atoms with Crippen LogP contribution in [0.15, 0.2) is 22.1 Å². The molecule has 0 aromatic carbocycles. The standard InChI is InChI=1S/C10H12BrN3OS/c1-14-10(12)7(5-13-14)8(15)4-6-2-3-9(11)16-6/h2-3,5,8,15H,4,12H2,1H3. The highest BCUT2D eigenvalue weighted by Gasteiger charge is 2.15. The van der Waals surface area contributed by atoms with Gasteiger partial charge in [0.1, 0.15) is 5.82 Å².